The van der Waals surface area contributed by atoms with Gasteiger partial charge >= 0.3 is 18.0 Å². The van der Waals surface area contributed by atoms with Crippen molar-refractivity contribution in [3.63, 3.8) is 0 Å². The summed E-state index contributed by atoms with van der Waals surface area (Å²) in [5.41, 5.74) is 1.23. The Morgan fingerprint density at radius 2 is 1.48 bits per heavy atom. The van der Waals surface area contributed by atoms with Crippen LogP contribution in [0.4, 0.5) is 4.79 Å². The Labute approximate surface area is 250 Å². The summed E-state index contributed by atoms with van der Waals surface area (Å²) in [4.78, 5) is 39.9. The summed E-state index contributed by atoms with van der Waals surface area (Å²) in [6.45, 7) is 19.4. The van der Waals surface area contributed by atoms with Crippen molar-refractivity contribution in [3.05, 3.63) is 71.9 Å². The van der Waals surface area contributed by atoms with E-state index in [0.29, 0.717) is 16.6 Å². The number of fused-ring (bicyclic) bond motifs is 1. The second-order valence-corrected chi connectivity index (χ2v) is 17.7. The largest absolute Gasteiger partial charge is 0.463 e. The zero-order chi connectivity index (χ0) is 31.5. The number of ether oxygens (including phenoxy) is 3. The molecule has 0 aliphatic carbocycles. The molecule has 3 rings (SSSR count). The summed E-state index contributed by atoms with van der Waals surface area (Å²) in [7, 11) is -2.54. The van der Waals surface area contributed by atoms with Gasteiger partial charge in [-0.05, 0) is 64.4 Å². The highest BCUT2D eigenvalue weighted by molar-refractivity contribution is 6.74. The number of esters is 2. The van der Waals surface area contributed by atoms with Crippen molar-refractivity contribution in [3.8, 4) is 0 Å². The average Bonchev–Trinajstić information content (AvgIpc) is 3.27. The number of rotatable bonds is 9. The second-order valence-electron chi connectivity index (χ2n) is 13.0. The summed E-state index contributed by atoms with van der Waals surface area (Å²) in [5.74, 6) is -2.20. The third-order valence-electron chi connectivity index (χ3n) is 7.49. The molecule has 0 bridgehead atoms. The molecule has 0 saturated carbocycles. The first-order chi connectivity index (χ1) is 19.5. The lowest BCUT2D eigenvalue weighted by atomic mass is 9.89. The van der Waals surface area contributed by atoms with E-state index in [9.17, 15) is 14.4 Å². The van der Waals surface area contributed by atoms with Crippen molar-refractivity contribution in [1.82, 2.24) is 4.57 Å². The van der Waals surface area contributed by atoms with Gasteiger partial charge in [-0.25, -0.2) is 9.59 Å². The lowest BCUT2D eigenvalue weighted by molar-refractivity contribution is -0.168. The molecule has 2 aromatic carbocycles. The number of hydrogen-bond acceptors (Lipinski definition) is 7. The topological polar surface area (TPSA) is 93.1 Å². The van der Waals surface area contributed by atoms with Crippen LogP contribution in [-0.4, -0.2) is 49.2 Å². The predicted molar refractivity (Wildman–Crippen MR) is 166 cm³/mol. The maximum atomic E-state index is 14.1. The second kappa shape index (κ2) is 12.8. The Hall–Kier alpha value is -3.43. The van der Waals surface area contributed by atoms with Gasteiger partial charge in [-0.1, -0.05) is 69.3 Å². The zero-order valence-electron chi connectivity index (χ0n) is 26.5. The van der Waals surface area contributed by atoms with Crippen molar-refractivity contribution < 1.29 is 33.0 Å². The molecular weight excluding hydrogens is 550 g/mol. The van der Waals surface area contributed by atoms with Crippen LogP contribution in [0.15, 0.2) is 60.8 Å². The Kier molecular flexibility index (Phi) is 10.1. The average molecular weight is 596 g/mol. The first-order valence-electron chi connectivity index (χ1n) is 14.4. The van der Waals surface area contributed by atoms with E-state index in [1.807, 2.05) is 75.4 Å². The minimum Gasteiger partial charge on any atom is -0.463 e. The van der Waals surface area contributed by atoms with Crippen LogP contribution >= 0.6 is 0 Å². The Bertz CT molecular complexity index is 1400. The van der Waals surface area contributed by atoms with Crippen LogP contribution in [0.5, 0.6) is 0 Å². The molecule has 8 nitrogen and oxygen atoms in total. The van der Waals surface area contributed by atoms with Crippen LogP contribution in [0.1, 0.15) is 78.5 Å². The summed E-state index contributed by atoms with van der Waals surface area (Å²) < 4.78 is 25.1. The van der Waals surface area contributed by atoms with Crippen LogP contribution in [0.25, 0.3) is 10.9 Å². The van der Waals surface area contributed by atoms with Gasteiger partial charge in [0.2, 0.25) is 0 Å². The zero-order valence-corrected chi connectivity index (χ0v) is 27.5. The van der Waals surface area contributed by atoms with E-state index in [1.165, 1.54) is 11.5 Å². The Morgan fingerprint density at radius 3 is 2.05 bits per heavy atom. The molecule has 1 aromatic heterocycles. The smallest absolute Gasteiger partial charge is 0.419 e. The quantitative estimate of drug-likeness (QED) is 0.142. The number of aromatic nitrogens is 1. The van der Waals surface area contributed by atoms with E-state index in [-0.39, 0.29) is 11.6 Å². The first kappa shape index (κ1) is 33.1. The molecule has 0 aliphatic rings. The van der Waals surface area contributed by atoms with Crippen molar-refractivity contribution in [1.29, 1.82) is 0 Å². The molecule has 3 atom stereocenters. The third-order valence-corrected chi connectivity index (χ3v) is 11.9. The number of carbonyl (C=O) groups is 3. The normalized spacial score (nSPS) is 14.6. The fourth-order valence-corrected chi connectivity index (χ4v) is 5.60. The number of carbonyl (C=O) groups excluding carboxylic acids is 3. The lowest BCUT2D eigenvalue weighted by Crippen LogP contribution is -2.44. The number of nitrogens with zero attached hydrogens (tertiary/aromatic N) is 1. The lowest BCUT2D eigenvalue weighted by Gasteiger charge is -2.41. The maximum Gasteiger partial charge on any atom is 0.419 e. The van der Waals surface area contributed by atoms with Gasteiger partial charge in [-0.2, -0.15) is 0 Å². The van der Waals surface area contributed by atoms with E-state index in [4.69, 9.17) is 18.6 Å². The highest BCUT2D eigenvalue weighted by atomic mass is 28.4. The standard InChI is InChI=1S/C33H45NO7Si/c1-11-38-29(35)22(2)39-30(36)27(23-17-13-12-14-18-23)28(41-42(9,10)33(6,7)8)25-21-34(31(37)40-32(3,4)5)26-20-16-15-19-24(25)26/h12-22,27-28H,11H2,1-10H3/t22-,27+,28-/m0/s1. The van der Waals surface area contributed by atoms with E-state index < -0.39 is 50.1 Å². The van der Waals surface area contributed by atoms with Gasteiger partial charge in [0.25, 0.3) is 0 Å². The number of para-hydroxylation sites is 1. The summed E-state index contributed by atoms with van der Waals surface area (Å²) in [6.07, 6.45) is -0.788. The number of benzene rings is 2. The molecule has 0 spiro atoms. The molecular formula is C33H45NO7Si. The van der Waals surface area contributed by atoms with Gasteiger partial charge in [0.15, 0.2) is 14.4 Å². The molecule has 0 fully saturated rings. The summed E-state index contributed by atoms with van der Waals surface area (Å²) in [6, 6.07) is 16.7. The fraction of sp³-hybridized carbons (Fsp3) is 0.485. The van der Waals surface area contributed by atoms with E-state index in [0.717, 1.165) is 5.39 Å². The molecule has 0 saturated heterocycles. The highest BCUT2D eigenvalue weighted by Crippen LogP contribution is 2.46. The van der Waals surface area contributed by atoms with Gasteiger partial charge < -0.3 is 18.6 Å². The summed E-state index contributed by atoms with van der Waals surface area (Å²) >= 11 is 0. The molecule has 0 radical (unpaired) electrons. The highest BCUT2D eigenvalue weighted by Gasteiger charge is 2.45. The maximum absolute atomic E-state index is 14.1. The van der Waals surface area contributed by atoms with Crippen molar-refractivity contribution in [2.75, 3.05) is 6.61 Å². The van der Waals surface area contributed by atoms with Gasteiger partial charge in [0, 0.05) is 17.1 Å². The minimum atomic E-state index is -2.54. The molecule has 0 unspecified atom stereocenters. The number of hydrogen-bond donors (Lipinski definition) is 0. The molecule has 228 valence electrons. The minimum absolute atomic E-state index is 0.171. The molecule has 0 aliphatic heterocycles. The fourth-order valence-electron chi connectivity index (χ4n) is 4.35. The van der Waals surface area contributed by atoms with Crippen LogP contribution in [0.3, 0.4) is 0 Å². The van der Waals surface area contributed by atoms with Crippen LogP contribution in [-0.2, 0) is 28.2 Å². The van der Waals surface area contributed by atoms with Crippen LogP contribution < -0.4 is 0 Å². The molecule has 0 N–H and O–H groups in total. The van der Waals surface area contributed by atoms with E-state index in [1.54, 1.807) is 13.1 Å². The van der Waals surface area contributed by atoms with Crippen LogP contribution in [0.2, 0.25) is 18.1 Å². The van der Waals surface area contributed by atoms with Crippen LogP contribution in [0, 0.1) is 0 Å². The van der Waals surface area contributed by atoms with Crippen molar-refractivity contribution in [2.24, 2.45) is 0 Å². The first-order valence-corrected chi connectivity index (χ1v) is 17.3. The Morgan fingerprint density at radius 1 is 0.881 bits per heavy atom. The van der Waals surface area contributed by atoms with E-state index in [2.05, 4.69) is 33.9 Å². The Balaban J connectivity index is 2.27. The molecule has 9 heteroatoms. The van der Waals surface area contributed by atoms with Gasteiger partial charge in [-0.15, -0.1) is 0 Å². The van der Waals surface area contributed by atoms with E-state index >= 15 is 0 Å². The molecule has 42 heavy (non-hydrogen) atoms. The van der Waals surface area contributed by atoms with Crippen molar-refractivity contribution in [2.45, 2.75) is 97.2 Å². The summed E-state index contributed by atoms with van der Waals surface area (Å²) in [5, 5.41) is 0.553. The predicted octanol–water partition coefficient (Wildman–Crippen LogP) is 7.77. The van der Waals surface area contributed by atoms with Gasteiger partial charge in [0.05, 0.1) is 18.2 Å². The third kappa shape index (κ3) is 7.69. The SMILES string of the molecule is CCOC(=O)[C@H](C)OC(=O)[C@H](c1ccccc1)[C@@H](O[Si](C)(C)C(C)(C)C)c1cn(C(=O)OC(C)(C)C)c2ccccc12. The molecule has 1 heterocycles. The van der Waals surface area contributed by atoms with Crippen molar-refractivity contribution >= 4 is 37.3 Å². The van der Waals surface area contributed by atoms with Gasteiger partial charge in [0.1, 0.15) is 11.5 Å². The molecule has 3 aromatic rings. The molecule has 0 amide bonds. The monoisotopic (exact) mass is 595 g/mol. The van der Waals surface area contributed by atoms with Gasteiger partial charge in [-0.3, -0.25) is 9.36 Å².